The average Bonchev–Trinajstić information content (AvgIpc) is 2.74. The Morgan fingerprint density at radius 1 is 0.774 bits per heavy atom. The third kappa shape index (κ3) is 5.36. The van der Waals surface area contributed by atoms with E-state index in [1.165, 1.54) is 0 Å². The molecule has 5 N–H and O–H groups in total. The molecule has 0 aliphatic carbocycles. The highest BCUT2D eigenvalue weighted by atomic mass is 16.1. The molecule has 4 aromatic rings. The number of benzene rings is 2. The van der Waals surface area contributed by atoms with E-state index in [0.29, 0.717) is 17.1 Å². The van der Waals surface area contributed by atoms with Crippen molar-refractivity contribution in [3.05, 3.63) is 96.4 Å². The lowest BCUT2D eigenvalue weighted by atomic mass is 10.1. The van der Waals surface area contributed by atoms with E-state index in [-0.39, 0.29) is 5.91 Å². The summed E-state index contributed by atoms with van der Waals surface area (Å²) in [7, 11) is 0. The Kier molecular flexibility index (Phi) is 5.75. The molecule has 2 aromatic heterocycles. The number of carbonyl (C=O) groups is 1. The van der Waals surface area contributed by atoms with Gasteiger partial charge in [0.1, 0.15) is 5.82 Å². The van der Waals surface area contributed by atoms with E-state index in [1.54, 1.807) is 30.6 Å². The van der Waals surface area contributed by atoms with Crippen LogP contribution in [0.15, 0.2) is 85.2 Å². The molecule has 7 nitrogen and oxygen atoms in total. The third-order valence-corrected chi connectivity index (χ3v) is 4.50. The fraction of sp³-hybridized carbons (Fsp3) is 0.0417. The van der Waals surface area contributed by atoms with E-state index in [9.17, 15) is 4.79 Å². The summed E-state index contributed by atoms with van der Waals surface area (Å²) >= 11 is 0. The minimum absolute atomic E-state index is 0.184. The van der Waals surface area contributed by atoms with Gasteiger partial charge in [-0.05, 0) is 67.6 Å². The van der Waals surface area contributed by atoms with Gasteiger partial charge in [0.2, 0.25) is 0 Å². The normalized spacial score (nSPS) is 10.4. The fourth-order valence-electron chi connectivity index (χ4n) is 3.12. The van der Waals surface area contributed by atoms with Crippen molar-refractivity contribution in [3.63, 3.8) is 0 Å². The van der Waals surface area contributed by atoms with Gasteiger partial charge in [0.25, 0.3) is 5.91 Å². The molecule has 0 aliphatic rings. The number of amides is 1. The first-order valence-corrected chi connectivity index (χ1v) is 9.75. The van der Waals surface area contributed by atoms with Crippen LogP contribution in [0.1, 0.15) is 16.1 Å². The monoisotopic (exact) mass is 410 g/mol. The molecular weight excluding hydrogens is 388 g/mol. The maximum Gasteiger partial charge on any atom is 0.255 e. The Hall–Kier alpha value is -4.39. The first kappa shape index (κ1) is 19.9. The molecule has 0 fully saturated rings. The van der Waals surface area contributed by atoms with Crippen molar-refractivity contribution >= 4 is 40.2 Å². The van der Waals surface area contributed by atoms with E-state index in [2.05, 4.69) is 25.9 Å². The van der Waals surface area contributed by atoms with Crippen LogP contribution in [0.3, 0.4) is 0 Å². The van der Waals surface area contributed by atoms with E-state index in [1.807, 2.05) is 61.5 Å². The zero-order valence-corrected chi connectivity index (χ0v) is 17.0. The quantitative estimate of drug-likeness (QED) is 0.352. The number of anilines is 6. The van der Waals surface area contributed by atoms with Crippen molar-refractivity contribution in [3.8, 4) is 0 Å². The maximum absolute atomic E-state index is 12.7. The van der Waals surface area contributed by atoms with Crippen LogP contribution in [-0.4, -0.2) is 15.9 Å². The van der Waals surface area contributed by atoms with Crippen molar-refractivity contribution in [2.45, 2.75) is 6.92 Å². The van der Waals surface area contributed by atoms with Gasteiger partial charge < -0.3 is 21.7 Å². The summed E-state index contributed by atoms with van der Waals surface area (Å²) in [5, 5.41) is 9.48. The highest BCUT2D eigenvalue weighted by molar-refractivity contribution is 6.04. The number of nitrogen functional groups attached to an aromatic ring is 1. The number of rotatable bonds is 6. The first-order chi connectivity index (χ1) is 15.0. The third-order valence-electron chi connectivity index (χ3n) is 4.50. The molecule has 1 amide bonds. The molecule has 0 bridgehead atoms. The van der Waals surface area contributed by atoms with Gasteiger partial charge in [0.15, 0.2) is 0 Å². The van der Waals surface area contributed by atoms with Crippen molar-refractivity contribution < 1.29 is 4.79 Å². The highest BCUT2D eigenvalue weighted by Gasteiger charge is 2.07. The van der Waals surface area contributed by atoms with Gasteiger partial charge in [-0.15, -0.1) is 0 Å². The fourth-order valence-corrected chi connectivity index (χ4v) is 3.12. The first-order valence-electron chi connectivity index (χ1n) is 9.75. The molecule has 4 rings (SSSR count). The summed E-state index contributed by atoms with van der Waals surface area (Å²) in [5.74, 6) is 0.274. The largest absolute Gasteiger partial charge is 0.384 e. The zero-order valence-electron chi connectivity index (χ0n) is 17.0. The lowest BCUT2D eigenvalue weighted by Gasteiger charge is -2.11. The molecule has 0 radical (unpaired) electrons. The number of nitrogens with two attached hydrogens (primary N) is 1. The van der Waals surface area contributed by atoms with Crippen LogP contribution < -0.4 is 21.7 Å². The van der Waals surface area contributed by atoms with E-state index in [4.69, 9.17) is 5.73 Å². The predicted octanol–water partition coefficient (Wildman–Crippen LogP) is 5.11. The van der Waals surface area contributed by atoms with Crippen LogP contribution in [0, 0.1) is 6.92 Å². The summed E-state index contributed by atoms with van der Waals surface area (Å²) in [6.07, 6.45) is 3.44. The summed E-state index contributed by atoms with van der Waals surface area (Å²) in [6.45, 7) is 1.89. The molecule has 7 heteroatoms. The van der Waals surface area contributed by atoms with E-state index >= 15 is 0 Å². The molecule has 31 heavy (non-hydrogen) atoms. The standard InChI is InChI=1S/C24H22N6O/c1-16-13-22(15-23(25)27-16)29-18-7-5-17(6-8-18)24(31)30-21-4-2-3-20(14-21)28-19-9-11-26-12-10-19/h2-15H,1H3,(H,26,28)(H,30,31)(H3,25,27,29). The van der Waals surface area contributed by atoms with Gasteiger partial charge in [-0.1, -0.05) is 6.07 Å². The average molecular weight is 410 g/mol. The SMILES string of the molecule is Cc1cc(Nc2ccc(C(=O)Nc3cccc(Nc4ccncc4)c3)cc2)cc(N)n1. The van der Waals surface area contributed by atoms with Crippen molar-refractivity contribution in [1.82, 2.24) is 9.97 Å². The number of aryl methyl sites for hydroxylation is 1. The molecule has 0 aliphatic heterocycles. The van der Waals surface area contributed by atoms with Crippen LogP contribution in [0.5, 0.6) is 0 Å². The van der Waals surface area contributed by atoms with Crippen LogP contribution in [0.25, 0.3) is 0 Å². The van der Waals surface area contributed by atoms with Gasteiger partial charge in [0.05, 0.1) is 0 Å². The number of aromatic nitrogens is 2. The maximum atomic E-state index is 12.7. The highest BCUT2D eigenvalue weighted by Crippen LogP contribution is 2.22. The molecule has 2 aromatic carbocycles. The molecule has 0 atom stereocenters. The summed E-state index contributed by atoms with van der Waals surface area (Å²) in [6, 6.07) is 22.2. The number of carbonyl (C=O) groups excluding carboxylic acids is 1. The zero-order chi connectivity index (χ0) is 21.6. The van der Waals surface area contributed by atoms with Gasteiger partial charge in [0, 0.05) is 58.2 Å². The number of nitrogens with zero attached hydrogens (tertiary/aromatic N) is 2. The Morgan fingerprint density at radius 2 is 1.45 bits per heavy atom. The number of hydrogen-bond acceptors (Lipinski definition) is 6. The Bertz CT molecular complexity index is 1170. The lowest BCUT2D eigenvalue weighted by Crippen LogP contribution is -2.11. The minimum atomic E-state index is -0.184. The van der Waals surface area contributed by atoms with E-state index in [0.717, 1.165) is 28.4 Å². The van der Waals surface area contributed by atoms with Gasteiger partial charge >= 0.3 is 0 Å². The Labute approximate surface area is 180 Å². The number of hydrogen-bond donors (Lipinski definition) is 4. The second kappa shape index (κ2) is 8.96. The molecule has 0 unspecified atom stereocenters. The van der Waals surface area contributed by atoms with Crippen LogP contribution in [-0.2, 0) is 0 Å². The van der Waals surface area contributed by atoms with Gasteiger partial charge in [-0.2, -0.15) is 0 Å². The van der Waals surface area contributed by atoms with Crippen molar-refractivity contribution in [1.29, 1.82) is 0 Å². The minimum Gasteiger partial charge on any atom is -0.384 e. The van der Waals surface area contributed by atoms with E-state index < -0.39 is 0 Å². The van der Waals surface area contributed by atoms with Gasteiger partial charge in [-0.25, -0.2) is 4.98 Å². The van der Waals surface area contributed by atoms with Crippen LogP contribution in [0.4, 0.5) is 34.3 Å². The molecular formula is C24H22N6O. The van der Waals surface area contributed by atoms with Crippen LogP contribution >= 0.6 is 0 Å². The summed E-state index contributed by atoms with van der Waals surface area (Å²) < 4.78 is 0. The molecule has 0 saturated carbocycles. The topological polar surface area (TPSA) is 105 Å². The van der Waals surface area contributed by atoms with Crippen molar-refractivity contribution in [2.24, 2.45) is 0 Å². The van der Waals surface area contributed by atoms with Gasteiger partial charge in [-0.3, -0.25) is 9.78 Å². The molecule has 0 saturated heterocycles. The Morgan fingerprint density at radius 3 is 2.19 bits per heavy atom. The van der Waals surface area contributed by atoms with Crippen LogP contribution in [0.2, 0.25) is 0 Å². The molecule has 2 heterocycles. The molecule has 0 spiro atoms. The summed E-state index contributed by atoms with van der Waals surface area (Å²) in [4.78, 5) is 20.8. The lowest BCUT2D eigenvalue weighted by molar-refractivity contribution is 0.102. The smallest absolute Gasteiger partial charge is 0.255 e. The number of pyridine rings is 2. The summed E-state index contributed by atoms with van der Waals surface area (Å²) in [5.41, 5.74) is 11.4. The number of nitrogens with one attached hydrogen (secondary N) is 3. The second-order valence-corrected chi connectivity index (χ2v) is 7.02. The predicted molar refractivity (Wildman–Crippen MR) is 125 cm³/mol. The molecule has 154 valence electrons. The van der Waals surface area contributed by atoms with Crippen molar-refractivity contribution in [2.75, 3.05) is 21.7 Å². The Balaban J connectivity index is 1.41. The second-order valence-electron chi connectivity index (χ2n) is 7.02.